The summed E-state index contributed by atoms with van der Waals surface area (Å²) in [6, 6.07) is 19.3. The highest BCUT2D eigenvalue weighted by Gasteiger charge is 2.28. The lowest BCUT2D eigenvalue weighted by atomic mass is 9.93. The first kappa shape index (κ1) is 20.9. The van der Waals surface area contributed by atoms with Crippen molar-refractivity contribution in [3.05, 3.63) is 89.2 Å². The van der Waals surface area contributed by atoms with Crippen molar-refractivity contribution in [3.8, 4) is 17.2 Å². The second-order valence-electron chi connectivity index (χ2n) is 7.31. The largest absolute Gasteiger partial charge is 0.504 e. The minimum Gasteiger partial charge on any atom is -0.504 e. The summed E-state index contributed by atoms with van der Waals surface area (Å²) < 4.78 is 24.4. The van der Waals surface area contributed by atoms with Crippen LogP contribution in [0, 0.1) is 5.82 Å². The van der Waals surface area contributed by atoms with Crippen molar-refractivity contribution in [2.75, 3.05) is 13.7 Å². The number of nitrogens with zero attached hydrogens (tertiary/aromatic N) is 1. The van der Waals surface area contributed by atoms with Gasteiger partial charge in [0.1, 0.15) is 17.7 Å². The Morgan fingerprint density at radius 3 is 2.61 bits per heavy atom. The summed E-state index contributed by atoms with van der Waals surface area (Å²) in [7, 11) is 1.63. The molecule has 0 bridgehead atoms. The van der Waals surface area contributed by atoms with E-state index in [9.17, 15) is 9.50 Å². The number of phenolic OH excluding ortho intramolecular Hbond substituents is 1. The van der Waals surface area contributed by atoms with E-state index in [0.29, 0.717) is 18.8 Å². The van der Waals surface area contributed by atoms with Gasteiger partial charge in [-0.1, -0.05) is 36.4 Å². The molecule has 1 aliphatic rings. The van der Waals surface area contributed by atoms with Crippen molar-refractivity contribution in [2.45, 2.75) is 25.6 Å². The smallest absolute Gasteiger partial charge is 0.162 e. The quantitative estimate of drug-likeness (QED) is 0.578. The Kier molecular flexibility index (Phi) is 6.18. The average Bonchev–Trinajstić information content (AvgIpc) is 2.81. The molecule has 6 heteroatoms. The van der Waals surface area contributed by atoms with Crippen molar-refractivity contribution < 1.29 is 19.0 Å². The lowest BCUT2D eigenvalue weighted by Crippen LogP contribution is -2.33. The molecule has 0 aliphatic carbocycles. The molecule has 0 unspecified atom stereocenters. The van der Waals surface area contributed by atoms with E-state index in [-0.39, 0.29) is 17.6 Å². The molecule has 3 aromatic carbocycles. The molecule has 0 saturated carbocycles. The number of halogens is 1. The van der Waals surface area contributed by atoms with Crippen molar-refractivity contribution >= 4 is 5.71 Å². The summed E-state index contributed by atoms with van der Waals surface area (Å²) >= 11 is 0. The average molecular weight is 420 g/mol. The minimum atomic E-state index is -0.393. The van der Waals surface area contributed by atoms with E-state index >= 15 is 0 Å². The first-order valence-corrected chi connectivity index (χ1v) is 10.3. The van der Waals surface area contributed by atoms with Crippen LogP contribution in [0.3, 0.4) is 0 Å². The van der Waals surface area contributed by atoms with Crippen LogP contribution in [0.5, 0.6) is 17.2 Å². The van der Waals surface area contributed by atoms with Crippen molar-refractivity contribution in [1.82, 2.24) is 5.32 Å². The molecule has 2 atom stereocenters. The lowest BCUT2D eigenvalue weighted by molar-refractivity contribution is 0.313. The molecule has 5 nitrogen and oxygen atoms in total. The number of methoxy groups -OCH3 is 1. The fraction of sp³-hybridized carbons (Fsp3) is 0.240. The monoisotopic (exact) mass is 420 g/mol. The predicted molar refractivity (Wildman–Crippen MR) is 118 cm³/mol. The zero-order valence-electron chi connectivity index (χ0n) is 17.5. The summed E-state index contributed by atoms with van der Waals surface area (Å²) in [4.78, 5) is 4.91. The van der Waals surface area contributed by atoms with E-state index in [1.165, 1.54) is 12.1 Å². The fourth-order valence-corrected chi connectivity index (χ4v) is 3.79. The number of aliphatic imine (C=N–C) groups is 1. The Balaban J connectivity index is 1.75. The van der Waals surface area contributed by atoms with E-state index in [2.05, 4.69) is 5.32 Å². The summed E-state index contributed by atoms with van der Waals surface area (Å²) in [5.41, 5.74) is 3.39. The highest BCUT2D eigenvalue weighted by Crippen LogP contribution is 2.39. The van der Waals surface area contributed by atoms with Crippen LogP contribution in [0.1, 0.15) is 42.2 Å². The van der Waals surface area contributed by atoms with Gasteiger partial charge in [0, 0.05) is 23.7 Å². The molecule has 160 valence electrons. The van der Waals surface area contributed by atoms with Crippen LogP contribution in [-0.2, 0) is 0 Å². The molecule has 2 N–H and O–H groups in total. The third-order valence-corrected chi connectivity index (χ3v) is 5.34. The van der Waals surface area contributed by atoms with Crippen LogP contribution in [0.4, 0.5) is 4.39 Å². The zero-order chi connectivity index (χ0) is 21.8. The van der Waals surface area contributed by atoms with E-state index < -0.39 is 6.17 Å². The molecule has 1 heterocycles. The Morgan fingerprint density at radius 2 is 1.87 bits per heavy atom. The molecule has 0 spiro atoms. The number of ether oxygens (including phenoxy) is 2. The molecular formula is C25H25FN2O3. The van der Waals surface area contributed by atoms with Gasteiger partial charge in [-0.05, 0) is 48.4 Å². The molecule has 3 aromatic rings. The Hall–Kier alpha value is -3.38. The zero-order valence-corrected chi connectivity index (χ0v) is 17.5. The van der Waals surface area contributed by atoms with Gasteiger partial charge in [-0.25, -0.2) is 4.39 Å². The van der Waals surface area contributed by atoms with Gasteiger partial charge in [0.15, 0.2) is 11.5 Å². The number of aromatic hydroxyl groups is 1. The molecule has 0 aromatic heterocycles. The van der Waals surface area contributed by atoms with Crippen LogP contribution >= 0.6 is 0 Å². The van der Waals surface area contributed by atoms with Crippen molar-refractivity contribution in [2.24, 2.45) is 4.99 Å². The predicted octanol–water partition coefficient (Wildman–Crippen LogP) is 5.16. The number of para-hydroxylation sites is 1. The second-order valence-corrected chi connectivity index (χ2v) is 7.31. The molecular weight excluding hydrogens is 395 g/mol. The maximum atomic E-state index is 13.5. The molecule has 0 amide bonds. The maximum Gasteiger partial charge on any atom is 0.162 e. The Bertz CT molecular complexity index is 1080. The number of hydrogen-bond donors (Lipinski definition) is 2. The van der Waals surface area contributed by atoms with Gasteiger partial charge in [0.2, 0.25) is 0 Å². The molecule has 0 fully saturated rings. The van der Waals surface area contributed by atoms with E-state index in [1.807, 2.05) is 43.3 Å². The first-order valence-electron chi connectivity index (χ1n) is 10.3. The van der Waals surface area contributed by atoms with Crippen LogP contribution < -0.4 is 14.8 Å². The number of hydrogen-bond acceptors (Lipinski definition) is 5. The van der Waals surface area contributed by atoms with Gasteiger partial charge < -0.3 is 14.6 Å². The minimum absolute atomic E-state index is 0.117. The normalized spacial score (nSPS) is 18.4. The van der Waals surface area contributed by atoms with E-state index in [0.717, 1.165) is 28.2 Å². The molecule has 31 heavy (non-hydrogen) atoms. The Labute approximate surface area is 181 Å². The molecule has 1 aliphatic heterocycles. The Morgan fingerprint density at radius 1 is 1.10 bits per heavy atom. The summed E-state index contributed by atoms with van der Waals surface area (Å²) in [5.74, 6) is 1.02. The number of nitrogens with one attached hydrogen (secondary N) is 1. The van der Waals surface area contributed by atoms with Gasteiger partial charge in [0.05, 0.1) is 13.7 Å². The summed E-state index contributed by atoms with van der Waals surface area (Å²) in [6.45, 7) is 2.34. The van der Waals surface area contributed by atoms with Gasteiger partial charge in [-0.3, -0.25) is 10.3 Å². The standard InChI is InChI=1S/C25H25FN2O3/c1-3-31-23-9-5-8-20(24(23)29)22-15-21(17-6-4-7-19(14-17)30-2)27-25(28-22)16-10-12-18(26)13-11-16/h4-14,22,25,28-29H,3,15H2,1-2H3/t22-,25-/m1/s1. The number of rotatable bonds is 6. The van der Waals surface area contributed by atoms with Gasteiger partial charge in [0.25, 0.3) is 0 Å². The van der Waals surface area contributed by atoms with Crippen LogP contribution in [0.2, 0.25) is 0 Å². The van der Waals surface area contributed by atoms with E-state index in [4.69, 9.17) is 14.5 Å². The van der Waals surface area contributed by atoms with Crippen molar-refractivity contribution in [1.29, 1.82) is 0 Å². The topological polar surface area (TPSA) is 63.1 Å². The second kappa shape index (κ2) is 9.18. The number of benzene rings is 3. The number of phenols is 1. The van der Waals surface area contributed by atoms with Gasteiger partial charge in [-0.2, -0.15) is 0 Å². The van der Waals surface area contributed by atoms with Crippen molar-refractivity contribution in [3.63, 3.8) is 0 Å². The lowest BCUT2D eigenvalue weighted by Gasteiger charge is -2.31. The van der Waals surface area contributed by atoms with Gasteiger partial charge >= 0.3 is 0 Å². The molecule has 0 radical (unpaired) electrons. The van der Waals surface area contributed by atoms with Gasteiger partial charge in [-0.15, -0.1) is 0 Å². The SMILES string of the molecule is CCOc1cccc([C@H]2CC(c3cccc(OC)c3)=N[C@@H](c3ccc(F)cc3)N2)c1O. The molecule has 4 rings (SSSR count). The van der Waals surface area contributed by atoms with Crippen LogP contribution in [0.15, 0.2) is 71.7 Å². The highest BCUT2D eigenvalue weighted by atomic mass is 19.1. The summed E-state index contributed by atoms with van der Waals surface area (Å²) in [5, 5.41) is 14.3. The van der Waals surface area contributed by atoms with Crippen LogP contribution in [-0.4, -0.2) is 24.5 Å². The third-order valence-electron chi connectivity index (χ3n) is 5.34. The highest BCUT2D eigenvalue weighted by molar-refractivity contribution is 6.02. The van der Waals surface area contributed by atoms with Crippen LogP contribution in [0.25, 0.3) is 0 Å². The third kappa shape index (κ3) is 4.54. The fourth-order valence-electron chi connectivity index (χ4n) is 3.79. The van der Waals surface area contributed by atoms with E-state index in [1.54, 1.807) is 25.3 Å². The summed E-state index contributed by atoms with van der Waals surface area (Å²) in [6.07, 6.45) is 0.171. The molecule has 0 saturated heterocycles. The maximum absolute atomic E-state index is 13.5. The first-order chi connectivity index (χ1) is 15.1.